The van der Waals surface area contributed by atoms with E-state index in [9.17, 15) is 4.79 Å². The molecular formula is C24H23N5O. The number of hydrogen-bond donors (Lipinski definition) is 2. The Balaban J connectivity index is 1.53. The number of para-hydroxylation sites is 2. The lowest BCUT2D eigenvalue weighted by molar-refractivity contribution is 0.102. The predicted octanol–water partition coefficient (Wildman–Crippen LogP) is 5.45. The predicted molar refractivity (Wildman–Crippen MR) is 120 cm³/mol. The van der Waals surface area contributed by atoms with E-state index in [1.165, 1.54) is 6.20 Å². The number of benzene rings is 2. The van der Waals surface area contributed by atoms with Crippen LogP contribution in [0.5, 0.6) is 0 Å². The third kappa shape index (κ3) is 3.98. The van der Waals surface area contributed by atoms with E-state index in [1.807, 2.05) is 55.5 Å². The van der Waals surface area contributed by atoms with Crippen molar-refractivity contribution in [1.82, 2.24) is 15.0 Å². The highest BCUT2D eigenvalue weighted by Crippen LogP contribution is 2.28. The van der Waals surface area contributed by atoms with Gasteiger partial charge in [-0.25, -0.2) is 9.97 Å². The first-order valence-corrected chi connectivity index (χ1v) is 9.86. The summed E-state index contributed by atoms with van der Waals surface area (Å²) in [5.74, 6) is 0.563. The fourth-order valence-corrected chi connectivity index (χ4v) is 3.37. The van der Waals surface area contributed by atoms with E-state index in [-0.39, 0.29) is 11.6 Å². The highest BCUT2D eigenvalue weighted by atomic mass is 16.1. The first-order valence-electron chi connectivity index (χ1n) is 9.86. The van der Waals surface area contributed by atoms with Crippen LogP contribution in [-0.2, 0) is 0 Å². The Morgan fingerprint density at radius 2 is 1.73 bits per heavy atom. The van der Waals surface area contributed by atoms with Crippen molar-refractivity contribution in [1.29, 1.82) is 0 Å². The highest BCUT2D eigenvalue weighted by Gasteiger charge is 2.15. The van der Waals surface area contributed by atoms with E-state index in [0.717, 1.165) is 33.4 Å². The first-order chi connectivity index (χ1) is 14.5. The molecule has 0 radical (unpaired) electrons. The number of rotatable bonds is 5. The number of hydrogen-bond acceptors (Lipinski definition) is 5. The number of aryl methyl sites for hydroxylation is 1. The van der Waals surface area contributed by atoms with E-state index >= 15 is 0 Å². The van der Waals surface area contributed by atoms with Crippen LogP contribution in [0.15, 0.2) is 67.1 Å². The van der Waals surface area contributed by atoms with Gasteiger partial charge in [-0.15, -0.1) is 0 Å². The molecule has 6 nitrogen and oxygen atoms in total. The Morgan fingerprint density at radius 3 is 2.50 bits per heavy atom. The molecule has 2 aromatic carbocycles. The van der Waals surface area contributed by atoms with Gasteiger partial charge in [0.05, 0.1) is 23.6 Å². The summed E-state index contributed by atoms with van der Waals surface area (Å²) in [5.41, 5.74) is 4.89. The van der Waals surface area contributed by atoms with Gasteiger partial charge in [-0.05, 0) is 36.1 Å². The molecule has 0 aliphatic heterocycles. The average Bonchev–Trinajstić information content (AvgIpc) is 2.75. The van der Waals surface area contributed by atoms with Gasteiger partial charge in [-0.2, -0.15) is 0 Å². The smallest absolute Gasteiger partial charge is 0.275 e. The molecule has 4 aromatic rings. The molecule has 4 rings (SSSR count). The second-order valence-electron chi connectivity index (χ2n) is 7.44. The van der Waals surface area contributed by atoms with Crippen LogP contribution in [0.4, 0.5) is 17.2 Å². The van der Waals surface area contributed by atoms with E-state index < -0.39 is 0 Å². The van der Waals surface area contributed by atoms with Crippen LogP contribution in [-0.4, -0.2) is 20.9 Å². The molecular weight excluding hydrogens is 374 g/mol. The van der Waals surface area contributed by atoms with E-state index in [0.29, 0.717) is 11.7 Å². The molecule has 30 heavy (non-hydrogen) atoms. The number of pyridine rings is 1. The fraction of sp³-hybridized carbons (Fsp3) is 0.167. The second-order valence-corrected chi connectivity index (χ2v) is 7.44. The Kier molecular flexibility index (Phi) is 5.39. The molecule has 0 aliphatic carbocycles. The summed E-state index contributed by atoms with van der Waals surface area (Å²) in [7, 11) is 0. The van der Waals surface area contributed by atoms with Crippen LogP contribution < -0.4 is 10.6 Å². The summed E-state index contributed by atoms with van der Waals surface area (Å²) in [5, 5.41) is 7.26. The van der Waals surface area contributed by atoms with Crippen molar-refractivity contribution >= 4 is 34.0 Å². The lowest BCUT2D eigenvalue weighted by Gasteiger charge is -2.16. The number of nitrogens with one attached hydrogen (secondary N) is 2. The lowest BCUT2D eigenvalue weighted by atomic mass is 9.98. The minimum atomic E-state index is -0.280. The van der Waals surface area contributed by atoms with Crippen LogP contribution in [0, 0.1) is 6.92 Å². The third-order valence-corrected chi connectivity index (χ3v) is 4.95. The molecule has 2 N–H and O–H groups in total. The molecule has 1 amide bonds. The van der Waals surface area contributed by atoms with Crippen LogP contribution in [0.25, 0.3) is 10.9 Å². The number of anilines is 3. The number of amides is 1. The first kappa shape index (κ1) is 19.5. The number of aromatic nitrogens is 3. The molecule has 0 bridgehead atoms. The molecule has 2 heterocycles. The normalized spacial score (nSPS) is 10.9. The lowest BCUT2D eigenvalue weighted by Crippen LogP contribution is -2.16. The molecule has 0 spiro atoms. The van der Waals surface area contributed by atoms with Gasteiger partial charge in [0.15, 0.2) is 0 Å². The van der Waals surface area contributed by atoms with Gasteiger partial charge >= 0.3 is 0 Å². The van der Waals surface area contributed by atoms with Crippen molar-refractivity contribution < 1.29 is 4.79 Å². The minimum Gasteiger partial charge on any atom is -0.337 e. The second kappa shape index (κ2) is 8.29. The van der Waals surface area contributed by atoms with E-state index in [1.54, 1.807) is 12.4 Å². The Morgan fingerprint density at radius 1 is 0.933 bits per heavy atom. The van der Waals surface area contributed by atoms with Crippen LogP contribution in [0.1, 0.15) is 41.4 Å². The summed E-state index contributed by atoms with van der Waals surface area (Å²) in [4.78, 5) is 25.8. The number of carbonyl (C=O) groups excluding carboxylic acids is 1. The van der Waals surface area contributed by atoms with Crippen molar-refractivity contribution in [3.8, 4) is 0 Å². The van der Waals surface area contributed by atoms with Gasteiger partial charge in [0, 0.05) is 17.3 Å². The summed E-state index contributed by atoms with van der Waals surface area (Å²) < 4.78 is 0. The standard InChI is InChI=1S/C24H23N5O/c1-15(2)18-10-4-7-16(3)22(18)29-24(30)20-13-27-21(14-26-20)28-19-11-5-8-17-9-6-12-25-23(17)19/h4-15H,1-3H3,(H,27,28)(H,29,30). The topological polar surface area (TPSA) is 79.8 Å². The zero-order valence-electron chi connectivity index (χ0n) is 17.2. The molecule has 0 saturated carbocycles. The average molecular weight is 397 g/mol. The molecule has 0 saturated heterocycles. The Labute approximate surface area is 175 Å². The summed E-state index contributed by atoms with van der Waals surface area (Å²) in [6, 6.07) is 15.8. The maximum absolute atomic E-state index is 12.7. The Bertz CT molecular complexity index is 1200. The van der Waals surface area contributed by atoms with Gasteiger partial charge in [0.1, 0.15) is 11.5 Å². The zero-order valence-corrected chi connectivity index (χ0v) is 17.2. The van der Waals surface area contributed by atoms with Crippen LogP contribution >= 0.6 is 0 Å². The van der Waals surface area contributed by atoms with Gasteiger partial charge in [0.2, 0.25) is 0 Å². The maximum Gasteiger partial charge on any atom is 0.275 e. The summed E-state index contributed by atoms with van der Waals surface area (Å²) >= 11 is 0. The molecule has 0 atom stereocenters. The van der Waals surface area contributed by atoms with E-state index in [4.69, 9.17) is 0 Å². The number of fused-ring (bicyclic) bond motifs is 1. The monoisotopic (exact) mass is 397 g/mol. The molecule has 6 heteroatoms. The molecule has 150 valence electrons. The van der Waals surface area contributed by atoms with Gasteiger partial charge in [-0.3, -0.25) is 9.78 Å². The molecule has 0 unspecified atom stereocenters. The van der Waals surface area contributed by atoms with Gasteiger partial charge in [-0.1, -0.05) is 50.2 Å². The largest absolute Gasteiger partial charge is 0.337 e. The van der Waals surface area contributed by atoms with Crippen LogP contribution in [0.3, 0.4) is 0 Å². The molecule has 0 aliphatic rings. The van der Waals surface area contributed by atoms with Crippen molar-refractivity contribution in [3.63, 3.8) is 0 Å². The third-order valence-electron chi connectivity index (χ3n) is 4.95. The summed E-state index contributed by atoms with van der Waals surface area (Å²) in [6.45, 7) is 6.19. The molecule has 2 aromatic heterocycles. The Hall–Kier alpha value is -3.80. The SMILES string of the molecule is Cc1cccc(C(C)C)c1NC(=O)c1cnc(Nc2cccc3cccnc23)cn1. The van der Waals surface area contributed by atoms with Crippen molar-refractivity contribution in [2.75, 3.05) is 10.6 Å². The minimum absolute atomic E-state index is 0.259. The maximum atomic E-state index is 12.7. The highest BCUT2D eigenvalue weighted by molar-refractivity contribution is 6.03. The van der Waals surface area contributed by atoms with Crippen molar-refractivity contribution in [2.45, 2.75) is 26.7 Å². The van der Waals surface area contributed by atoms with E-state index in [2.05, 4.69) is 39.4 Å². The summed E-state index contributed by atoms with van der Waals surface area (Å²) in [6.07, 6.45) is 4.78. The fourth-order valence-electron chi connectivity index (χ4n) is 3.37. The zero-order chi connectivity index (χ0) is 21.1. The number of nitrogens with zero attached hydrogens (tertiary/aromatic N) is 3. The van der Waals surface area contributed by atoms with Crippen molar-refractivity contribution in [3.05, 3.63) is 83.9 Å². The number of carbonyl (C=O) groups is 1. The van der Waals surface area contributed by atoms with Crippen molar-refractivity contribution in [2.24, 2.45) is 0 Å². The van der Waals surface area contributed by atoms with Gasteiger partial charge < -0.3 is 10.6 Å². The van der Waals surface area contributed by atoms with Crippen LogP contribution in [0.2, 0.25) is 0 Å². The quantitative estimate of drug-likeness (QED) is 0.468. The van der Waals surface area contributed by atoms with Gasteiger partial charge in [0.25, 0.3) is 5.91 Å². The molecule has 0 fully saturated rings.